The number of aryl methyl sites for hydroxylation is 1. The number of hydrogen-bond acceptors (Lipinski definition) is 6. The number of thioether (sulfide) groups is 1. The van der Waals surface area contributed by atoms with Crippen LogP contribution in [-0.2, 0) is 10.5 Å². The van der Waals surface area contributed by atoms with Crippen LogP contribution in [0, 0.1) is 6.92 Å². The van der Waals surface area contributed by atoms with Crippen molar-refractivity contribution in [1.29, 1.82) is 0 Å². The van der Waals surface area contributed by atoms with E-state index in [1.807, 2.05) is 19.1 Å². The van der Waals surface area contributed by atoms with E-state index in [-0.39, 0.29) is 18.4 Å². The molecule has 32 heavy (non-hydrogen) atoms. The van der Waals surface area contributed by atoms with Crippen molar-refractivity contribution in [3.8, 4) is 0 Å². The lowest BCUT2D eigenvalue weighted by Gasteiger charge is -2.23. The Kier molecular flexibility index (Phi) is 8.55. The summed E-state index contributed by atoms with van der Waals surface area (Å²) in [7, 11) is 0. The molecule has 1 aromatic heterocycles. The molecule has 0 atom stereocenters. The lowest BCUT2D eigenvalue weighted by Crippen LogP contribution is -2.38. The maximum absolute atomic E-state index is 13.3. The molecule has 0 aliphatic heterocycles. The molecule has 1 heterocycles. The maximum Gasteiger partial charge on any atom is 0.255 e. The van der Waals surface area contributed by atoms with Gasteiger partial charge in [0, 0.05) is 23.4 Å². The molecule has 0 bridgehead atoms. The van der Waals surface area contributed by atoms with Gasteiger partial charge in [-0.1, -0.05) is 47.4 Å². The van der Waals surface area contributed by atoms with Crippen molar-refractivity contribution < 1.29 is 14.1 Å². The highest BCUT2D eigenvalue weighted by Crippen LogP contribution is 2.27. The second kappa shape index (κ2) is 11.4. The maximum atomic E-state index is 13.3. The summed E-state index contributed by atoms with van der Waals surface area (Å²) in [6.45, 7) is 3.99. The van der Waals surface area contributed by atoms with Crippen molar-refractivity contribution >= 4 is 52.5 Å². The average molecular weight is 493 g/mol. The zero-order valence-corrected chi connectivity index (χ0v) is 19.9. The Bertz CT molecular complexity index is 1110. The molecule has 2 amide bonds. The van der Waals surface area contributed by atoms with E-state index in [9.17, 15) is 9.59 Å². The third kappa shape index (κ3) is 6.48. The second-order valence-electron chi connectivity index (χ2n) is 6.91. The van der Waals surface area contributed by atoms with E-state index in [1.54, 1.807) is 37.3 Å². The summed E-state index contributed by atoms with van der Waals surface area (Å²) in [5.74, 6) is 0.918. The molecular weight excluding hydrogens is 471 g/mol. The highest BCUT2D eigenvalue weighted by atomic mass is 35.5. The molecule has 0 spiro atoms. The van der Waals surface area contributed by atoms with Crippen LogP contribution in [0.4, 0.5) is 5.69 Å². The molecule has 0 fully saturated rings. The Morgan fingerprint density at radius 2 is 1.97 bits per heavy atom. The van der Waals surface area contributed by atoms with Gasteiger partial charge in [0.2, 0.25) is 11.8 Å². The number of nitrogens with one attached hydrogen (secondary N) is 1. The van der Waals surface area contributed by atoms with Crippen molar-refractivity contribution in [2.75, 3.05) is 18.4 Å². The van der Waals surface area contributed by atoms with Crippen LogP contribution in [0.3, 0.4) is 0 Å². The fourth-order valence-electron chi connectivity index (χ4n) is 2.96. The van der Waals surface area contributed by atoms with E-state index < -0.39 is 0 Å². The molecule has 3 aromatic rings. The molecule has 1 N–H and O–H groups in total. The highest BCUT2D eigenvalue weighted by Gasteiger charge is 2.21. The lowest BCUT2D eigenvalue weighted by molar-refractivity contribution is -0.116. The van der Waals surface area contributed by atoms with Crippen LogP contribution >= 0.6 is 35.0 Å². The van der Waals surface area contributed by atoms with E-state index in [0.717, 1.165) is 4.90 Å². The van der Waals surface area contributed by atoms with E-state index in [1.165, 1.54) is 16.7 Å². The molecule has 0 aliphatic rings. The molecule has 0 unspecified atom stereocenters. The van der Waals surface area contributed by atoms with Gasteiger partial charge in [-0.05, 0) is 36.8 Å². The van der Waals surface area contributed by atoms with E-state index >= 15 is 0 Å². The summed E-state index contributed by atoms with van der Waals surface area (Å²) in [4.78, 5) is 32.5. The minimum Gasteiger partial charge on any atom is -0.340 e. The lowest BCUT2D eigenvalue weighted by atomic mass is 10.2. The van der Waals surface area contributed by atoms with Crippen molar-refractivity contribution in [3.63, 3.8) is 0 Å². The average Bonchev–Trinajstić information content (AvgIpc) is 3.19. The minimum absolute atomic E-state index is 0.113. The van der Waals surface area contributed by atoms with Crippen molar-refractivity contribution in [2.45, 2.75) is 30.9 Å². The first-order valence-electron chi connectivity index (χ1n) is 9.92. The summed E-state index contributed by atoms with van der Waals surface area (Å²) < 4.78 is 5.00. The number of halogens is 2. The van der Waals surface area contributed by atoms with Gasteiger partial charge in [-0.3, -0.25) is 9.59 Å². The quantitative estimate of drug-likeness (QED) is 0.398. The van der Waals surface area contributed by atoms with Gasteiger partial charge in [-0.2, -0.15) is 4.98 Å². The zero-order valence-electron chi connectivity index (χ0n) is 17.6. The number of amides is 2. The molecule has 2 aromatic carbocycles. The van der Waals surface area contributed by atoms with E-state index in [2.05, 4.69) is 15.5 Å². The molecular formula is C22H22Cl2N4O3S. The van der Waals surface area contributed by atoms with Crippen molar-refractivity contribution in [1.82, 2.24) is 15.0 Å². The van der Waals surface area contributed by atoms with Gasteiger partial charge in [0.1, 0.15) is 6.54 Å². The number of hydrogen-bond donors (Lipinski definition) is 1. The molecule has 0 radical (unpaired) electrons. The monoisotopic (exact) mass is 492 g/mol. The molecule has 10 heteroatoms. The molecule has 0 saturated heterocycles. The summed E-state index contributed by atoms with van der Waals surface area (Å²) in [5.41, 5.74) is 0.916. The molecule has 7 nitrogen and oxygen atoms in total. The van der Waals surface area contributed by atoms with Crippen molar-refractivity contribution in [3.05, 3.63) is 69.8 Å². The predicted octanol–water partition coefficient (Wildman–Crippen LogP) is 5.47. The van der Waals surface area contributed by atoms with Gasteiger partial charge in [-0.25, -0.2) is 0 Å². The number of carbonyl (C=O) groups excluding carboxylic acids is 2. The standard InChI is InChI=1S/C22H22Cl2N4O3S/c1-3-10-28(12-21(29)26-18-11-15(23)8-9-17(18)24)22(30)16-6-4-5-7-19(16)32-13-20-25-14(2)31-27-20/h4-9,11H,3,10,12-13H2,1-2H3,(H,26,29). The van der Waals surface area contributed by atoms with Gasteiger partial charge in [0.15, 0.2) is 5.82 Å². The first-order chi connectivity index (χ1) is 15.4. The first kappa shape index (κ1) is 24.1. The molecule has 0 saturated carbocycles. The summed E-state index contributed by atoms with van der Waals surface area (Å²) in [6.07, 6.45) is 0.703. The van der Waals surface area contributed by atoms with E-state index in [4.69, 9.17) is 27.7 Å². The second-order valence-corrected chi connectivity index (χ2v) is 8.77. The van der Waals surface area contributed by atoms with E-state index in [0.29, 0.717) is 51.7 Å². The fourth-order valence-corrected chi connectivity index (χ4v) is 4.18. The number of rotatable bonds is 9. The van der Waals surface area contributed by atoms with Crippen LogP contribution in [0.5, 0.6) is 0 Å². The molecule has 0 aliphatic carbocycles. The smallest absolute Gasteiger partial charge is 0.255 e. The number of aromatic nitrogens is 2. The number of carbonyl (C=O) groups is 2. The Hall–Kier alpha value is -2.55. The topological polar surface area (TPSA) is 88.3 Å². The third-order valence-corrected chi connectivity index (χ3v) is 6.00. The Morgan fingerprint density at radius 1 is 1.19 bits per heavy atom. The van der Waals surface area contributed by atoms with Gasteiger partial charge in [-0.15, -0.1) is 11.8 Å². The van der Waals surface area contributed by atoms with Gasteiger partial charge >= 0.3 is 0 Å². The normalized spacial score (nSPS) is 10.8. The summed E-state index contributed by atoms with van der Waals surface area (Å²) >= 11 is 13.6. The van der Waals surface area contributed by atoms with Crippen LogP contribution in [0.2, 0.25) is 10.0 Å². The Labute approximate surface area is 200 Å². The Morgan fingerprint density at radius 3 is 2.69 bits per heavy atom. The first-order valence-corrected chi connectivity index (χ1v) is 11.7. The fraction of sp³-hybridized carbons (Fsp3) is 0.273. The van der Waals surface area contributed by atoms with Crippen LogP contribution in [0.25, 0.3) is 0 Å². The number of anilines is 1. The highest BCUT2D eigenvalue weighted by molar-refractivity contribution is 7.98. The molecule has 3 rings (SSSR count). The Balaban J connectivity index is 1.72. The van der Waals surface area contributed by atoms with Crippen LogP contribution < -0.4 is 5.32 Å². The third-order valence-electron chi connectivity index (χ3n) is 4.36. The van der Waals surface area contributed by atoms with Crippen molar-refractivity contribution in [2.24, 2.45) is 0 Å². The van der Waals surface area contributed by atoms with Gasteiger partial charge in [0.25, 0.3) is 5.91 Å². The minimum atomic E-state index is -0.358. The van der Waals surface area contributed by atoms with Crippen LogP contribution in [-0.4, -0.2) is 39.9 Å². The largest absolute Gasteiger partial charge is 0.340 e. The predicted molar refractivity (Wildman–Crippen MR) is 126 cm³/mol. The molecule has 168 valence electrons. The number of nitrogens with zero attached hydrogens (tertiary/aromatic N) is 3. The van der Waals surface area contributed by atoms with Gasteiger partial charge < -0.3 is 14.7 Å². The SMILES string of the molecule is CCCN(CC(=O)Nc1cc(Cl)ccc1Cl)C(=O)c1ccccc1SCc1noc(C)n1. The van der Waals surface area contributed by atoms with Crippen LogP contribution in [0.1, 0.15) is 35.4 Å². The summed E-state index contributed by atoms with van der Waals surface area (Å²) in [6, 6.07) is 12.1. The van der Waals surface area contributed by atoms with Crippen LogP contribution in [0.15, 0.2) is 51.9 Å². The number of benzene rings is 2. The summed E-state index contributed by atoms with van der Waals surface area (Å²) in [5, 5.41) is 7.44. The zero-order chi connectivity index (χ0) is 23.1. The van der Waals surface area contributed by atoms with Gasteiger partial charge in [0.05, 0.1) is 22.0 Å².